The Morgan fingerprint density at radius 1 is 1.18 bits per heavy atom. The van der Waals surface area contributed by atoms with Gasteiger partial charge in [-0.15, -0.1) is 0 Å². The summed E-state index contributed by atoms with van der Waals surface area (Å²) in [7, 11) is 0. The molecule has 7 heteroatoms. The second kappa shape index (κ2) is 7.29. The Kier molecular flexibility index (Phi) is 5.41. The molecule has 0 saturated carbocycles. The Labute approximate surface area is 140 Å². The number of halogens is 2. The first-order valence-corrected chi connectivity index (χ1v) is 7.34. The van der Waals surface area contributed by atoms with E-state index in [0.29, 0.717) is 20.9 Å². The van der Waals surface area contributed by atoms with Crippen molar-refractivity contribution >= 4 is 45.1 Å². The van der Waals surface area contributed by atoms with Crippen LogP contribution in [0.2, 0.25) is 5.02 Å². The summed E-state index contributed by atoms with van der Waals surface area (Å²) in [5.41, 5.74) is 0.739. The predicted octanol–water partition coefficient (Wildman–Crippen LogP) is 3.82. The molecule has 0 spiro atoms. The number of carboxylic acid groups (broad SMARTS) is 1. The van der Waals surface area contributed by atoms with Crippen molar-refractivity contribution in [3.05, 3.63) is 57.5 Å². The van der Waals surface area contributed by atoms with Gasteiger partial charge in [-0.3, -0.25) is 4.79 Å². The van der Waals surface area contributed by atoms with Gasteiger partial charge in [0.05, 0.1) is 10.0 Å². The van der Waals surface area contributed by atoms with Gasteiger partial charge in [-0.25, -0.2) is 4.79 Å². The number of rotatable bonds is 5. The Morgan fingerprint density at radius 3 is 2.45 bits per heavy atom. The molecule has 0 aliphatic carbocycles. The number of nitrogens with one attached hydrogen (secondary N) is 1. The van der Waals surface area contributed by atoms with Gasteiger partial charge in [0.25, 0.3) is 5.91 Å². The molecular weight excluding hydrogens is 374 g/mol. The van der Waals surface area contributed by atoms with E-state index in [1.165, 1.54) is 18.2 Å². The summed E-state index contributed by atoms with van der Waals surface area (Å²) >= 11 is 8.96. The third-order valence-electron chi connectivity index (χ3n) is 2.67. The fraction of sp³-hybridized carbons (Fsp3) is 0.0667. The fourth-order valence-electron chi connectivity index (χ4n) is 1.62. The van der Waals surface area contributed by atoms with Crippen LogP contribution in [-0.2, 0) is 4.79 Å². The summed E-state index contributed by atoms with van der Waals surface area (Å²) in [6.07, 6.45) is 0. The number of aromatic carboxylic acids is 1. The Balaban J connectivity index is 1.93. The fourth-order valence-corrected chi connectivity index (χ4v) is 2.24. The lowest BCUT2D eigenvalue weighted by Gasteiger charge is -2.09. The summed E-state index contributed by atoms with van der Waals surface area (Å²) in [6.45, 7) is -0.201. The van der Waals surface area contributed by atoms with E-state index in [1.54, 1.807) is 24.3 Å². The monoisotopic (exact) mass is 383 g/mol. The van der Waals surface area contributed by atoms with Crippen molar-refractivity contribution in [2.75, 3.05) is 11.9 Å². The van der Waals surface area contributed by atoms with Crippen molar-refractivity contribution < 1.29 is 19.4 Å². The van der Waals surface area contributed by atoms with E-state index in [2.05, 4.69) is 21.2 Å². The molecule has 22 heavy (non-hydrogen) atoms. The molecule has 5 nitrogen and oxygen atoms in total. The van der Waals surface area contributed by atoms with Crippen molar-refractivity contribution in [3.8, 4) is 5.75 Å². The molecule has 0 aliphatic heterocycles. The summed E-state index contributed by atoms with van der Waals surface area (Å²) < 4.78 is 5.82. The minimum atomic E-state index is -1.03. The first-order valence-electron chi connectivity index (χ1n) is 6.17. The number of hydrogen-bond acceptors (Lipinski definition) is 3. The van der Waals surface area contributed by atoms with Crippen LogP contribution in [0.5, 0.6) is 5.75 Å². The highest BCUT2D eigenvalue weighted by Crippen LogP contribution is 2.26. The molecule has 114 valence electrons. The molecule has 0 aromatic heterocycles. The van der Waals surface area contributed by atoms with Crippen LogP contribution in [0.25, 0.3) is 0 Å². The maximum Gasteiger partial charge on any atom is 0.335 e. The quantitative estimate of drug-likeness (QED) is 0.822. The third kappa shape index (κ3) is 4.47. The van der Waals surface area contributed by atoms with Gasteiger partial charge < -0.3 is 15.2 Å². The van der Waals surface area contributed by atoms with E-state index in [0.717, 1.165) is 0 Å². The van der Waals surface area contributed by atoms with Gasteiger partial charge >= 0.3 is 5.97 Å². The van der Waals surface area contributed by atoms with E-state index in [9.17, 15) is 9.59 Å². The lowest BCUT2D eigenvalue weighted by molar-refractivity contribution is -0.118. The maximum atomic E-state index is 11.8. The topological polar surface area (TPSA) is 75.6 Å². The van der Waals surface area contributed by atoms with E-state index in [1.807, 2.05) is 0 Å². The third-order valence-corrected chi connectivity index (χ3v) is 3.54. The molecule has 2 aromatic carbocycles. The van der Waals surface area contributed by atoms with Gasteiger partial charge in [0.15, 0.2) is 6.61 Å². The number of amides is 1. The summed E-state index contributed by atoms with van der Waals surface area (Å²) in [5, 5.41) is 12.1. The predicted molar refractivity (Wildman–Crippen MR) is 86.7 cm³/mol. The van der Waals surface area contributed by atoms with Crippen LogP contribution in [0, 0.1) is 0 Å². The molecule has 0 bridgehead atoms. The van der Waals surface area contributed by atoms with E-state index < -0.39 is 5.97 Å². The van der Waals surface area contributed by atoms with Crippen molar-refractivity contribution in [3.63, 3.8) is 0 Å². The second-order valence-electron chi connectivity index (χ2n) is 4.29. The van der Waals surface area contributed by atoms with Crippen molar-refractivity contribution in [1.82, 2.24) is 0 Å². The summed E-state index contributed by atoms with van der Waals surface area (Å²) in [4.78, 5) is 22.6. The Hall–Kier alpha value is -2.05. The van der Waals surface area contributed by atoms with Crippen LogP contribution in [0.15, 0.2) is 46.9 Å². The normalized spacial score (nSPS) is 10.1. The van der Waals surface area contributed by atoms with Gasteiger partial charge in [-0.05, 0) is 58.4 Å². The summed E-state index contributed by atoms with van der Waals surface area (Å²) in [6, 6.07) is 11.0. The first-order chi connectivity index (χ1) is 10.5. The number of ether oxygens (including phenoxy) is 1. The average Bonchev–Trinajstić information content (AvgIpc) is 2.48. The van der Waals surface area contributed by atoms with E-state index >= 15 is 0 Å². The number of carboxylic acids is 1. The minimum Gasteiger partial charge on any atom is -0.483 e. The van der Waals surface area contributed by atoms with Crippen LogP contribution >= 0.6 is 27.5 Å². The molecule has 0 unspecified atom stereocenters. The first kappa shape index (κ1) is 16.3. The largest absolute Gasteiger partial charge is 0.483 e. The standard InChI is InChI=1S/C15H11BrClNO4/c16-12-7-9(15(20)21)1-6-13(12)22-8-14(19)18-11-4-2-10(17)3-5-11/h1-7H,8H2,(H,18,19)(H,20,21). The van der Waals surface area contributed by atoms with Crippen LogP contribution in [0.1, 0.15) is 10.4 Å². The van der Waals surface area contributed by atoms with Gasteiger partial charge in [0.2, 0.25) is 0 Å². The molecule has 2 N–H and O–H groups in total. The highest BCUT2D eigenvalue weighted by molar-refractivity contribution is 9.10. The van der Waals surface area contributed by atoms with Gasteiger partial charge in [0.1, 0.15) is 5.75 Å². The molecule has 0 fully saturated rings. The molecule has 2 rings (SSSR count). The number of carbonyl (C=O) groups is 2. The molecule has 0 heterocycles. The molecular formula is C15H11BrClNO4. The number of hydrogen-bond donors (Lipinski definition) is 2. The van der Waals surface area contributed by atoms with Gasteiger partial charge in [0, 0.05) is 10.7 Å². The second-order valence-corrected chi connectivity index (χ2v) is 5.58. The summed E-state index contributed by atoms with van der Waals surface area (Å²) in [5.74, 6) is -0.986. The molecule has 2 aromatic rings. The van der Waals surface area contributed by atoms with Crippen LogP contribution in [0.4, 0.5) is 5.69 Å². The highest BCUT2D eigenvalue weighted by atomic mass is 79.9. The molecule has 1 amide bonds. The molecule has 0 atom stereocenters. The molecule has 0 radical (unpaired) electrons. The Bertz CT molecular complexity index is 703. The minimum absolute atomic E-state index is 0.129. The number of benzene rings is 2. The zero-order valence-electron chi connectivity index (χ0n) is 11.2. The lowest BCUT2D eigenvalue weighted by Crippen LogP contribution is -2.20. The van der Waals surface area contributed by atoms with Crippen molar-refractivity contribution in [2.45, 2.75) is 0 Å². The smallest absolute Gasteiger partial charge is 0.335 e. The molecule has 0 aliphatic rings. The van der Waals surface area contributed by atoms with Gasteiger partial charge in [-0.2, -0.15) is 0 Å². The number of anilines is 1. The highest BCUT2D eigenvalue weighted by Gasteiger charge is 2.09. The van der Waals surface area contributed by atoms with Crippen molar-refractivity contribution in [1.29, 1.82) is 0 Å². The maximum absolute atomic E-state index is 11.8. The zero-order chi connectivity index (χ0) is 16.1. The van der Waals surface area contributed by atoms with Gasteiger partial charge in [-0.1, -0.05) is 11.6 Å². The van der Waals surface area contributed by atoms with E-state index in [4.69, 9.17) is 21.4 Å². The molecule has 0 saturated heterocycles. The Morgan fingerprint density at radius 2 is 1.86 bits per heavy atom. The van der Waals surface area contributed by atoms with Crippen LogP contribution < -0.4 is 10.1 Å². The SMILES string of the molecule is O=C(COc1ccc(C(=O)O)cc1Br)Nc1ccc(Cl)cc1. The van der Waals surface area contributed by atoms with Crippen LogP contribution in [-0.4, -0.2) is 23.6 Å². The average molecular weight is 385 g/mol. The van der Waals surface area contributed by atoms with Crippen LogP contribution in [0.3, 0.4) is 0 Å². The number of carbonyl (C=O) groups excluding carboxylic acids is 1. The zero-order valence-corrected chi connectivity index (χ0v) is 13.5. The van der Waals surface area contributed by atoms with Crippen molar-refractivity contribution in [2.24, 2.45) is 0 Å². The lowest BCUT2D eigenvalue weighted by atomic mass is 10.2. The van der Waals surface area contributed by atoms with E-state index in [-0.39, 0.29) is 18.1 Å².